The van der Waals surface area contributed by atoms with Gasteiger partial charge in [0.25, 0.3) is 0 Å². The topological polar surface area (TPSA) is 52.6 Å². The highest BCUT2D eigenvalue weighted by Gasteiger charge is 2.15. The Bertz CT molecular complexity index is 477. The number of guanidine groups is 1. The Morgan fingerprint density at radius 3 is 2.96 bits per heavy atom. The van der Waals surface area contributed by atoms with E-state index in [0.29, 0.717) is 0 Å². The maximum atomic E-state index is 4.42. The number of aryl methyl sites for hydroxylation is 1. The van der Waals surface area contributed by atoms with Crippen molar-refractivity contribution in [2.45, 2.75) is 39.7 Å². The molecule has 1 unspecified atom stereocenters. The van der Waals surface area contributed by atoms with Crippen molar-refractivity contribution >= 4 is 41.3 Å². The summed E-state index contributed by atoms with van der Waals surface area (Å²) in [4.78, 5) is 12.6. The lowest BCUT2D eigenvalue weighted by atomic mass is 10.0. The van der Waals surface area contributed by atoms with E-state index in [4.69, 9.17) is 0 Å². The minimum Gasteiger partial charge on any atom is -0.355 e. The molecule has 0 bridgehead atoms. The van der Waals surface area contributed by atoms with Crippen LogP contribution in [0.1, 0.15) is 36.6 Å². The Balaban J connectivity index is 0.00000264. The van der Waals surface area contributed by atoms with Crippen LogP contribution in [-0.4, -0.2) is 49.1 Å². The van der Waals surface area contributed by atoms with E-state index in [1.165, 1.54) is 30.8 Å². The molecule has 23 heavy (non-hydrogen) atoms. The molecule has 2 heterocycles. The first-order valence-electron chi connectivity index (χ1n) is 8.31. The van der Waals surface area contributed by atoms with Gasteiger partial charge in [-0.15, -0.1) is 35.3 Å². The number of halogens is 1. The van der Waals surface area contributed by atoms with Crippen molar-refractivity contribution < 1.29 is 0 Å². The van der Waals surface area contributed by atoms with Crippen LogP contribution in [0.3, 0.4) is 0 Å². The molecule has 0 radical (unpaired) electrons. The molecule has 2 rings (SSSR count). The molecule has 132 valence electrons. The lowest BCUT2D eigenvalue weighted by Gasteiger charge is -2.30. The van der Waals surface area contributed by atoms with E-state index in [2.05, 4.69) is 39.4 Å². The van der Waals surface area contributed by atoms with Gasteiger partial charge in [-0.3, -0.25) is 4.99 Å². The fourth-order valence-electron chi connectivity index (χ4n) is 2.80. The summed E-state index contributed by atoms with van der Waals surface area (Å²) in [6.07, 6.45) is 5.73. The van der Waals surface area contributed by atoms with Crippen LogP contribution in [0, 0.1) is 5.92 Å². The fourth-order valence-corrected chi connectivity index (χ4v) is 3.60. The third-order valence-corrected chi connectivity index (χ3v) is 5.18. The predicted octanol–water partition coefficient (Wildman–Crippen LogP) is 2.72. The second-order valence-electron chi connectivity index (χ2n) is 5.97. The normalized spacial score (nSPS) is 19.3. The number of likely N-dealkylation sites (tertiary alicyclic amines) is 1. The monoisotopic (exact) mass is 451 g/mol. The van der Waals surface area contributed by atoms with Gasteiger partial charge < -0.3 is 15.5 Å². The summed E-state index contributed by atoms with van der Waals surface area (Å²) < 4.78 is 0. The van der Waals surface area contributed by atoms with Crippen molar-refractivity contribution in [1.82, 2.24) is 20.5 Å². The number of hydrogen-bond donors (Lipinski definition) is 2. The molecule has 0 spiro atoms. The third-order valence-electron chi connectivity index (χ3n) is 4.04. The van der Waals surface area contributed by atoms with E-state index in [1.54, 1.807) is 11.3 Å². The highest BCUT2D eigenvalue weighted by Crippen LogP contribution is 2.14. The van der Waals surface area contributed by atoms with Gasteiger partial charge in [0.1, 0.15) is 5.01 Å². The maximum Gasteiger partial charge on any atom is 0.191 e. The average Bonchev–Trinajstić information content (AvgIpc) is 2.99. The number of aromatic nitrogens is 1. The molecule has 1 fully saturated rings. The van der Waals surface area contributed by atoms with Crippen molar-refractivity contribution in [3.8, 4) is 0 Å². The van der Waals surface area contributed by atoms with Crippen LogP contribution >= 0.6 is 35.3 Å². The molecule has 0 aromatic carbocycles. The van der Waals surface area contributed by atoms with Gasteiger partial charge in [0.15, 0.2) is 5.96 Å². The summed E-state index contributed by atoms with van der Waals surface area (Å²) in [5.41, 5.74) is 0. The predicted molar refractivity (Wildman–Crippen MR) is 110 cm³/mol. The molecule has 5 nitrogen and oxygen atoms in total. The van der Waals surface area contributed by atoms with E-state index in [9.17, 15) is 0 Å². The summed E-state index contributed by atoms with van der Waals surface area (Å²) >= 11 is 1.77. The number of piperidine rings is 1. The standard InChI is InChI=1S/C16H29N5S.HI/c1-4-14-10-19-15(22-14)11-20-16(17-3)18-7-9-21-8-5-6-13(2)12-21;/h10,13H,4-9,11-12H2,1-3H3,(H2,17,18,20);1H. The molecule has 1 atom stereocenters. The van der Waals surface area contributed by atoms with E-state index in [-0.39, 0.29) is 24.0 Å². The number of thiazole rings is 1. The van der Waals surface area contributed by atoms with Crippen molar-refractivity contribution in [2.24, 2.45) is 10.9 Å². The van der Waals surface area contributed by atoms with E-state index in [0.717, 1.165) is 42.9 Å². The van der Waals surface area contributed by atoms with Crippen molar-refractivity contribution in [3.05, 3.63) is 16.1 Å². The van der Waals surface area contributed by atoms with Gasteiger partial charge in [0.05, 0.1) is 6.54 Å². The molecule has 2 N–H and O–H groups in total. The van der Waals surface area contributed by atoms with E-state index >= 15 is 0 Å². The fraction of sp³-hybridized carbons (Fsp3) is 0.750. The molecule has 1 aliphatic heterocycles. The van der Waals surface area contributed by atoms with Gasteiger partial charge >= 0.3 is 0 Å². The van der Waals surface area contributed by atoms with E-state index in [1.807, 2.05) is 13.2 Å². The second kappa shape index (κ2) is 11.2. The van der Waals surface area contributed by atoms with Crippen LogP contribution in [-0.2, 0) is 13.0 Å². The number of nitrogens with one attached hydrogen (secondary N) is 2. The lowest BCUT2D eigenvalue weighted by Crippen LogP contribution is -2.43. The molecular formula is C16H30IN5S. The van der Waals surface area contributed by atoms with Crippen LogP contribution in [0.2, 0.25) is 0 Å². The first kappa shape index (κ1) is 20.6. The van der Waals surface area contributed by atoms with Crippen LogP contribution in [0.4, 0.5) is 0 Å². The molecule has 0 saturated carbocycles. The Morgan fingerprint density at radius 2 is 2.30 bits per heavy atom. The first-order chi connectivity index (χ1) is 10.7. The van der Waals surface area contributed by atoms with Gasteiger partial charge in [-0.05, 0) is 31.7 Å². The zero-order chi connectivity index (χ0) is 15.8. The van der Waals surface area contributed by atoms with Gasteiger partial charge in [-0.25, -0.2) is 4.98 Å². The molecule has 0 amide bonds. The molecule has 7 heteroatoms. The first-order valence-corrected chi connectivity index (χ1v) is 9.13. The highest BCUT2D eigenvalue weighted by molar-refractivity contribution is 14.0. The minimum absolute atomic E-state index is 0. The number of aliphatic imine (C=N–C) groups is 1. The largest absolute Gasteiger partial charge is 0.355 e. The summed E-state index contributed by atoms with van der Waals surface area (Å²) in [5, 5.41) is 7.85. The maximum absolute atomic E-state index is 4.42. The molecule has 1 aromatic rings. The summed E-state index contributed by atoms with van der Waals surface area (Å²) in [6, 6.07) is 0. The molecule has 1 saturated heterocycles. The zero-order valence-corrected chi connectivity index (χ0v) is 17.6. The minimum atomic E-state index is 0. The number of nitrogens with zero attached hydrogens (tertiary/aromatic N) is 3. The smallest absolute Gasteiger partial charge is 0.191 e. The Morgan fingerprint density at radius 1 is 1.48 bits per heavy atom. The van der Waals surface area contributed by atoms with Gasteiger partial charge in [-0.1, -0.05) is 13.8 Å². The van der Waals surface area contributed by atoms with Crippen LogP contribution in [0.25, 0.3) is 0 Å². The Kier molecular flexibility index (Phi) is 10.0. The Hall–Kier alpha value is -0.410. The van der Waals surface area contributed by atoms with Crippen molar-refractivity contribution in [1.29, 1.82) is 0 Å². The lowest BCUT2D eigenvalue weighted by molar-refractivity contribution is 0.187. The van der Waals surface area contributed by atoms with Gasteiger partial charge in [0, 0.05) is 37.8 Å². The molecule has 1 aromatic heterocycles. The highest BCUT2D eigenvalue weighted by atomic mass is 127. The SMILES string of the molecule is CCc1cnc(CNC(=NC)NCCN2CCCC(C)C2)s1.I. The molecule has 1 aliphatic rings. The van der Waals surface area contributed by atoms with Crippen molar-refractivity contribution in [2.75, 3.05) is 33.2 Å². The van der Waals surface area contributed by atoms with E-state index < -0.39 is 0 Å². The van der Waals surface area contributed by atoms with Crippen LogP contribution < -0.4 is 10.6 Å². The van der Waals surface area contributed by atoms with Crippen LogP contribution in [0.15, 0.2) is 11.2 Å². The number of hydrogen-bond acceptors (Lipinski definition) is 4. The Labute approximate surface area is 161 Å². The summed E-state index contributed by atoms with van der Waals surface area (Å²) in [6.45, 7) is 9.73. The summed E-state index contributed by atoms with van der Waals surface area (Å²) in [7, 11) is 1.82. The number of rotatable bonds is 6. The molecule has 0 aliphatic carbocycles. The molecular weight excluding hydrogens is 421 g/mol. The second-order valence-corrected chi connectivity index (χ2v) is 7.17. The zero-order valence-electron chi connectivity index (χ0n) is 14.5. The van der Waals surface area contributed by atoms with Gasteiger partial charge in [-0.2, -0.15) is 0 Å². The van der Waals surface area contributed by atoms with Crippen molar-refractivity contribution in [3.63, 3.8) is 0 Å². The quantitative estimate of drug-likeness (QED) is 0.397. The third kappa shape index (κ3) is 7.34. The van der Waals surface area contributed by atoms with Gasteiger partial charge in [0.2, 0.25) is 0 Å². The van der Waals surface area contributed by atoms with Crippen LogP contribution in [0.5, 0.6) is 0 Å². The average molecular weight is 451 g/mol. The summed E-state index contributed by atoms with van der Waals surface area (Å²) in [5.74, 6) is 1.70.